The van der Waals surface area contributed by atoms with E-state index in [-0.39, 0.29) is 18.8 Å². The summed E-state index contributed by atoms with van der Waals surface area (Å²) in [7, 11) is 0. The lowest BCUT2D eigenvalue weighted by Gasteiger charge is -2.17. The second-order valence-electron chi connectivity index (χ2n) is 2.36. The van der Waals surface area contributed by atoms with Crippen LogP contribution < -0.4 is 0 Å². The maximum atomic E-state index is 8.98. The summed E-state index contributed by atoms with van der Waals surface area (Å²) in [6, 6.07) is 0. The van der Waals surface area contributed by atoms with Gasteiger partial charge < -0.3 is 19.7 Å². The first-order valence-corrected chi connectivity index (χ1v) is 2.92. The molecule has 0 aromatic rings. The summed E-state index contributed by atoms with van der Waals surface area (Å²) < 4.78 is 9.60. The SMILES string of the molecule is O[C@@H]1CO[C@H](O)[C@H]2O[C@@H]21. The topological polar surface area (TPSA) is 62.2 Å². The van der Waals surface area contributed by atoms with Crippen LogP contribution >= 0.6 is 0 Å². The van der Waals surface area contributed by atoms with Gasteiger partial charge in [0.2, 0.25) is 0 Å². The minimum Gasteiger partial charge on any atom is -0.388 e. The van der Waals surface area contributed by atoms with Gasteiger partial charge in [-0.15, -0.1) is 0 Å². The highest BCUT2D eigenvalue weighted by Gasteiger charge is 2.53. The highest BCUT2D eigenvalue weighted by atomic mass is 16.7. The van der Waals surface area contributed by atoms with Crippen molar-refractivity contribution in [2.45, 2.75) is 24.6 Å². The second-order valence-corrected chi connectivity index (χ2v) is 2.36. The molecule has 4 nitrogen and oxygen atoms in total. The molecule has 52 valence electrons. The highest BCUT2D eigenvalue weighted by Crippen LogP contribution is 2.32. The zero-order valence-corrected chi connectivity index (χ0v) is 4.73. The van der Waals surface area contributed by atoms with E-state index in [0.29, 0.717) is 0 Å². The van der Waals surface area contributed by atoms with E-state index < -0.39 is 12.4 Å². The summed E-state index contributed by atoms with van der Waals surface area (Å²) in [5.74, 6) is 0. The lowest BCUT2D eigenvalue weighted by Crippen LogP contribution is -2.36. The molecule has 4 atom stereocenters. The fraction of sp³-hybridized carbons (Fsp3) is 1.00. The Morgan fingerprint density at radius 1 is 1.22 bits per heavy atom. The van der Waals surface area contributed by atoms with Gasteiger partial charge in [0.25, 0.3) is 0 Å². The van der Waals surface area contributed by atoms with E-state index in [1.165, 1.54) is 0 Å². The van der Waals surface area contributed by atoms with Crippen LogP contribution in [0, 0.1) is 0 Å². The molecule has 0 aliphatic carbocycles. The van der Waals surface area contributed by atoms with Crippen molar-refractivity contribution in [2.24, 2.45) is 0 Å². The van der Waals surface area contributed by atoms with Crippen LogP contribution in [-0.2, 0) is 9.47 Å². The van der Waals surface area contributed by atoms with Gasteiger partial charge in [-0.1, -0.05) is 0 Å². The number of ether oxygens (including phenoxy) is 2. The molecule has 0 amide bonds. The van der Waals surface area contributed by atoms with Crippen LogP contribution in [-0.4, -0.2) is 41.4 Å². The Morgan fingerprint density at radius 2 is 2.00 bits per heavy atom. The van der Waals surface area contributed by atoms with Crippen molar-refractivity contribution >= 4 is 0 Å². The molecule has 2 saturated heterocycles. The molecular weight excluding hydrogens is 124 g/mol. The van der Waals surface area contributed by atoms with Crippen molar-refractivity contribution in [3.8, 4) is 0 Å². The van der Waals surface area contributed by atoms with Crippen LogP contribution in [0.15, 0.2) is 0 Å². The quantitative estimate of drug-likeness (QED) is 0.392. The first-order chi connectivity index (χ1) is 4.29. The van der Waals surface area contributed by atoms with Gasteiger partial charge in [-0.3, -0.25) is 0 Å². The van der Waals surface area contributed by atoms with Crippen LogP contribution in [0.4, 0.5) is 0 Å². The molecule has 0 spiro atoms. The van der Waals surface area contributed by atoms with E-state index in [4.69, 9.17) is 19.7 Å². The largest absolute Gasteiger partial charge is 0.388 e. The van der Waals surface area contributed by atoms with E-state index in [2.05, 4.69) is 0 Å². The van der Waals surface area contributed by atoms with Gasteiger partial charge in [-0.25, -0.2) is 0 Å². The van der Waals surface area contributed by atoms with Gasteiger partial charge in [0.1, 0.15) is 18.3 Å². The van der Waals surface area contributed by atoms with Crippen molar-refractivity contribution in [1.29, 1.82) is 0 Å². The molecule has 2 heterocycles. The van der Waals surface area contributed by atoms with Gasteiger partial charge in [-0.05, 0) is 0 Å². The predicted octanol–water partition coefficient (Wildman–Crippen LogP) is -1.54. The van der Waals surface area contributed by atoms with Gasteiger partial charge in [0, 0.05) is 0 Å². The van der Waals surface area contributed by atoms with Crippen LogP contribution in [0.25, 0.3) is 0 Å². The highest BCUT2D eigenvalue weighted by molar-refractivity contribution is 4.95. The van der Waals surface area contributed by atoms with Crippen molar-refractivity contribution in [3.05, 3.63) is 0 Å². The van der Waals surface area contributed by atoms with Crippen LogP contribution in [0.3, 0.4) is 0 Å². The second kappa shape index (κ2) is 1.67. The number of rotatable bonds is 0. The predicted molar refractivity (Wildman–Crippen MR) is 26.6 cm³/mol. The van der Waals surface area contributed by atoms with Crippen LogP contribution in [0.2, 0.25) is 0 Å². The monoisotopic (exact) mass is 132 g/mol. The molecule has 0 saturated carbocycles. The molecule has 2 rings (SSSR count). The fourth-order valence-electron chi connectivity index (χ4n) is 1.06. The maximum Gasteiger partial charge on any atom is 0.183 e. The fourth-order valence-corrected chi connectivity index (χ4v) is 1.06. The minimum absolute atomic E-state index is 0.172. The minimum atomic E-state index is -0.821. The molecule has 0 bridgehead atoms. The zero-order chi connectivity index (χ0) is 6.43. The van der Waals surface area contributed by atoms with Crippen molar-refractivity contribution in [1.82, 2.24) is 0 Å². The third kappa shape index (κ3) is 0.753. The lowest BCUT2D eigenvalue weighted by atomic mass is 10.1. The third-order valence-corrected chi connectivity index (χ3v) is 1.66. The van der Waals surface area contributed by atoms with E-state index >= 15 is 0 Å². The number of aliphatic hydroxyl groups is 2. The Balaban J connectivity index is 2.01. The average Bonchev–Trinajstić information content (AvgIpc) is 2.57. The van der Waals surface area contributed by atoms with E-state index in [0.717, 1.165) is 0 Å². The molecule has 2 fully saturated rings. The molecule has 0 radical (unpaired) electrons. The van der Waals surface area contributed by atoms with Crippen molar-refractivity contribution in [3.63, 3.8) is 0 Å². The number of aliphatic hydroxyl groups excluding tert-OH is 2. The lowest BCUT2D eigenvalue weighted by molar-refractivity contribution is -0.142. The number of hydrogen-bond acceptors (Lipinski definition) is 4. The number of hydrogen-bond donors (Lipinski definition) is 2. The summed E-state index contributed by atoms with van der Waals surface area (Å²) in [6.45, 7) is 0.183. The first kappa shape index (κ1) is 5.61. The van der Waals surface area contributed by atoms with E-state index in [9.17, 15) is 0 Å². The molecular formula is C5H8O4. The molecule has 2 aliphatic rings. The Hall–Kier alpha value is -0.160. The molecule has 9 heavy (non-hydrogen) atoms. The summed E-state index contributed by atoms with van der Waals surface area (Å²) >= 11 is 0. The summed E-state index contributed by atoms with van der Waals surface area (Å²) in [5, 5.41) is 17.9. The standard InChI is InChI=1S/C5H8O4/c6-2-1-8-5(7)4-3(2)9-4/h2-7H,1H2/t2-,3-,4+,5+/m1/s1. The normalized spacial score (nSPS) is 56.7. The molecule has 0 unspecified atom stereocenters. The third-order valence-electron chi connectivity index (χ3n) is 1.66. The first-order valence-electron chi connectivity index (χ1n) is 2.92. The maximum absolute atomic E-state index is 8.98. The smallest absolute Gasteiger partial charge is 0.183 e. The number of epoxide rings is 1. The van der Waals surface area contributed by atoms with Gasteiger partial charge in [0.05, 0.1) is 6.61 Å². The van der Waals surface area contributed by atoms with Crippen molar-refractivity contribution < 1.29 is 19.7 Å². The molecule has 2 aliphatic heterocycles. The van der Waals surface area contributed by atoms with Crippen molar-refractivity contribution in [2.75, 3.05) is 6.61 Å². The average molecular weight is 132 g/mol. The molecule has 4 heteroatoms. The summed E-state index contributed by atoms with van der Waals surface area (Å²) in [5.41, 5.74) is 0. The summed E-state index contributed by atoms with van der Waals surface area (Å²) in [6.07, 6.45) is -1.81. The zero-order valence-electron chi connectivity index (χ0n) is 4.73. The van der Waals surface area contributed by atoms with Crippen LogP contribution in [0.1, 0.15) is 0 Å². The molecule has 0 aromatic carbocycles. The Labute approximate surface area is 52.0 Å². The van der Waals surface area contributed by atoms with Gasteiger partial charge >= 0.3 is 0 Å². The molecule has 0 aromatic heterocycles. The van der Waals surface area contributed by atoms with Crippen LogP contribution in [0.5, 0.6) is 0 Å². The molecule has 2 N–H and O–H groups in total. The Kier molecular flexibility index (Phi) is 1.04. The number of fused-ring (bicyclic) bond motifs is 1. The Bertz CT molecular complexity index is 112. The van der Waals surface area contributed by atoms with Gasteiger partial charge in [0.15, 0.2) is 6.29 Å². The van der Waals surface area contributed by atoms with Gasteiger partial charge in [-0.2, -0.15) is 0 Å². The van der Waals surface area contributed by atoms with E-state index in [1.807, 2.05) is 0 Å². The summed E-state index contributed by atoms with van der Waals surface area (Å²) in [4.78, 5) is 0. The Morgan fingerprint density at radius 3 is 2.67 bits per heavy atom. The van der Waals surface area contributed by atoms with E-state index in [1.54, 1.807) is 0 Å².